The van der Waals surface area contributed by atoms with Gasteiger partial charge in [0.05, 0.1) is 6.20 Å². The average Bonchev–Trinajstić information content (AvgIpc) is 2.93. The molecular formula is C12H23N5O2S. The Morgan fingerprint density at radius 1 is 1.50 bits per heavy atom. The maximum Gasteiger partial charge on any atom is 0.279 e. The van der Waals surface area contributed by atoms with Crippen molar-refractivity contribution < 1.29 is 8.42 Å². The molecule has 2 rings (SSSR count). The molecule has 1 aliphatic heterocycles. The average molecular weight is 301 g/mol. The molecule has 7 nitrogen and oxygen atoms in total. The maximum atomic E-state index is 12.3. The highest BCUT2D eigenvalue weighted by molar-refractivity contribution is 7.87. The van der Waals surface area contributed by atoms with E-state index in [1.807, 2.05) is 14.0 Å². The Labute approximate surface area is 120 Å². The molecule has 3 N–H and O–H groups in total. The first kappa shape index (κ1) is 15.4. The molecule has 2 heterocycles. The molecule has 1 aliphatic rings. The van der Waals surface area contributed by atoms with E-state index in [-0.39, 0.29) is 6.04 Å². The second-order valence-corrected chi connectivity index (χ2v) is 6.98. The van der Waals surface area contributed by atoms with Gasteiger partial charge in [-0.1, -0.05) is 0 Å². The zero-order chi connectivity index (χ0) is 14.6. The van der Waals surface area contributed by atoms with E-state index in [0.29, 0.717) is 19.0 Å². The zero-order valence-corrected chi connectivity index (χ0v) is 12.8. The van der Waals surface area contributed by atoms with Gasteiger partial charge in [0.15, 0.2) is 0 Å². The van der Waals surface area contributed by atoms with Gasteiger partial charge in [0.25, 0.3) is 10.2 Å². The van der Waals surface area contributed by atoms with E-state index >= 15 is 0 Å². The molecule has 0 spiro atoms. The number of nitrogens with one attached hydrogen (secondary N) is 3. The summed E-state index contributed by atoms with van der Waals surface area (Å²) in [6, 6.07) is -0.284. The molecule has 0 radical (unpaired) electrons. The highest BCUT2D eigenvalue weighted by Crippen LogP contribution is 2.20. The van der Waals surface area contributed by atoms with E-state index in [1.165, 1.54) is 4.31 Å². The van der Waals surface area contributed by atoms with Crippen molar-refractivity contribution in [1.29, 1.82) is 0 Å². The van der Waals surface area contributed by atoms with Gasteiger partial charge in [-0.25, -0.2) is 0 Å². The predicted octanol–water partition coefficient (Wildman–Crippen LogP) is 0.237. The molecular weight excluding hydrogens is 278 g/mol. The molecule has 1 aromatic rings. The highest BCUT2D eigenvalue weighted by atomic mass is 32.2. The van der Waals surface area contributed by atoms with Crippen molar-refractivity contribution in [2.75, 3.05) is 26.7 Å². The number of hydrogen-bond acceptors (Lipinski definition) is 4. The minimum Gasteiger partial charge on any atom is -0.319 e. The van der Waals surface area contributed by atoms with Crippen LogP contribution in [0.15, 0.2) is 12.4 Å². The summed E-state index contributed by atoms with van der Waals surface area (Å²) in [6.07, 6.45) is 5.14. The summed E-state index contributed by atoms with van der Waals surface area (Å²) in [5, 5.41) is 9.67. The van der Waals surface area contributed by atoms with Crippen molar-refractivity contribution in [2.45, 2.75) is 25.8 Å². The fraction of sp³-hybridized carbons (Fsp3) is 0.750. The SMILES string of the molecule is CNCC1CCN(S(=O)(=O)NC(C)c2cn[nH]c2)CC1. The Kier molecular flexibility index (Phi) is 5.14. The Bertz CT molecular complexity index is 494. The fourth-order valence-corrected chi connectivity index (χ4v) is 3.93. The van der Waals surface area contributed by atoms with Crippen LogP contribution in [-0.2, 0) is 10.2 Å². The van der Waals surface area contributed by atoms with Gasteiger partial charge in [-0.2, -0.15) is 22.5 Å². The van der Waals surface area contributed by atoms with Crippen LogP contribution in [0.25, 0.3) is 0 Å². The number of aromatic amines is 1. The van der Waals surface area contributed by atoms with Gasteiger partial charge in [-0.15, -0.1) is 0 Å². The van der Waals surface area contributed by atoms with E-state index in [0.717, 1.165) is 24.9 Å². The molecule has 0 amide bonds. The second-order valence-electron chi connectivity index (χ2n) is 5.28. The molecule has 1 fully saturated rings. The van der Waals surface area contributed by atoms with Crippen LogP contribution in [0.3, 0.4) is 0 Å². The topological polar surface area (TPSA) is 90.1 Å². The number of aromatic nitrogens is 2. The lowest BCUT2D eigenvalue weighted by molar-refractivity contribution is 0.267. The summed E-state index contributed by atoms with van der Waals surface area (Å²) in [5.41, 5.74) is 0.832. The van der Waals surface area contributed by atoms with Gasteiger partial charge in [-0.3, -0.25) is 5.10 Å². The maximum absolute atomic E-state index is 12.3. The van der Waals surface area contributed by atoms with Gasteiger partial charge >= 0.3 is 0 Å². The smallest absolute Gasteiger partial charge is 0.279 e. The molecule has 0 aliphatic carbocycles. The zero-order valence-electron chi connectivity index (χ0n) is 12.0. The normalized spacial score (nSPS) is 20.1. The summed E-state index contributed by atoms with van der Waals surface area (Å²) in [7, 11) is -1.50. The van der Waals surface area contributed by atoms with Crippen molar-refractivity contribution in [1.82, 2.24) is 24.5 Å². The Morgan fingerprint density at radius 2 is 2.20 bits per heavy atom. The third-order valence-corrected chi connectivity index (χ3v) is 5.45. The molecule has 114 valence electrons. The van der Waals surface area contributed by atoms with Gasteiger partial charge in [0, 0.05) is 30.9 Å². The summed E-state index contributed by atoms with van der Waals surface area (Å²) >= 11 is 0. The summed E-state index contributed by atoms with van der Waals surface area (Å²) < 4.78 is 28.9. The van der Waals surface area contributed by atoms with Crippen LogP contribution in [0.5, 0.6) is 0 Å². The largest absolute Gasteiger partial charge is 0.319 e. The van der Waals surface area contributed by atoms with Gasteiger partial charge in [-0.05, 0) is 39.3 Å². The molecule has 1 unspecified atom stereocenters. The predicted molar refractivity (Wildman–Crippen MR) is 77.3 cm³/mol. The molecule has 1 saturated heterocycles. The van der Waals surface area contributed by atoms with Crippen molar-refractivity contribution >= 4 is 10.2 Å². The van der Waals surface area contributed by atoms with Gasteiger partial charge < -0.3 is 5.32 Å². The highest BCUT2D eigenvalue weighted by Gasteiger charge is 2.29. The van der Waals surface area contributed by atoms with Crippen molar-refractivity contribution in [3.8, 4) is 0 Å². The first-order valence-electron chi connectivity index (χ1n) is 6.93. The van der Waals surface area contributed by atoms with Crippen LogP contribution < -0.4 is 10.0 Å². The van der Waals surface area contributed by atoms with E-state index in [4.69, 9.17) is 0 Å². The number of H-pyrrole nitrogens is 1. The van der Waals surface area contributed by atoms with Crippen molar-refractivity contribution in [2.24, 2.45) is 5.92 Å². The Balaban J connectivity index is 1.91. The van der Waals surface area contributed by atoms with E-state index in [2.05, 4.69) is 20.2 Å². The standard InChI is InChI=1S/C12H23N5O2S/c1-10(12-8-14-15-9-12)16-20(18,19)17-5-3-11(4-6-17)7-13-2/h8-11,13,16H,3-7H2,1-2H3,(H,14,15). The number of piperidine rings is 1. The summed E-state index contributed by atoms with van der Waals surface area (Å²) in [4.78, 5) is 0. The monoisotopic (exact) mass is 301 g/mol. The second kappa shape index (κ2) is 6.66. The number of rotatable bonds is 6. The van der Waals surface area contributed by atoms with Crippen LogP contribution >= 0.6 is 0 Å². The van der Waals surface area contributed by atoms with Crippen LogP contribution in [0.4, 0.5) is 0 Å². The van der Waals surface area contributed by atoms with E-state index in [1.54, 1.807) is 12.4 Å². The number of nitrogens with zero attached hydrogens (tertiary/aromatic N) is 2. The van der Waals surface area contributed by atoms with Crippen LogP contribution in [0.2, 0.25) is 0 Å². The minimum absolute atomic E-state index is 0.284. The summed E-state index contributed by atoms with van der Waals surface area (Å²) in [5.74, 6) is 0.567. The number of hydrogen-bond donors (Lipinski definition) is 3. The Morgan fingerprint density at radius 3 is 2.75 bits per heavy atom. The fourth-order valence-electron chi connectivity index (χ4n) is 2.51. The third-order valence-electron chi connectivity index (χ3n) is 3.75. The first-order valence-corrected chi connectivity index (χ1v) is 8.37. The van der Waals surface area contributed by atoms with Crippen molar-refractivity contribution in [3.05, 3.63) is 18.0 Å². The van der Waals surface area contributed by atoms with Crippen molar-refractivity contribution in [3.63, 3.8) is 0 Å². The van der Waals surface area contributed by atoms with E-state index < -0.39 is 10.2 Å². The molecule has 0 aromatic carbocycles. The molecule has 0 saturated carbocycles. The molecule has 1 aromatic heterocycles. The van der Waals surface area contributed by atoms with Crippen LogP contribution in [0.1, 0.15) is 31.4 Å². The first-order chi connectivity index (χ1) is 9.53. The lowest BCUT2D eigenvalue weighted by Crippen LogP contribution is -2.46. The molecule has 20 heavy (non-hydrogen) atoms. The lowest BCUT2D eigenvalue weighted by Gasteiger charge is -2.31. The minimum atomic E-state index is -3.43. The van der Waals surface area contributed by atoms with Gasteiger partial charge in [0.1, 0.15) is 0 Å². The van der Waals surface area contributed by atoms with Gasteiger partial charge in [0.2, 0.25) is 0 Å². The molecule has 1 atom stereocenters. The van der Waals surface area contributed by atoms with Crippen LogP contribution in [-0.4, -0.2) is 49.6 Å². The van der Waals surface area contributed by atoms with Crippen LogP contribution in [0, 0.1) is 5.92 Å². The lowest BCUT2D eigenvalue weighted by atomic mass is 9.98. The third kappa shape index (κ3) is 3.78. The van der Waals surface area contributed by atoms with E-state index in [9.17, 15) is 8.42 Å². The molecule has 8 heteroatoms. The molecule has 0 bridgehead atoms. The Hall–Kier alpha value is -0.960. The quantitative estimate of drug-likeness (QED) is 0.702. The summed E-state index contributed by atoms with van der Waals surface area (Å²) in [6.45, 7) is 3.93.